The van der Waals surface area contributed by atoms with Crippen molar-refractivity contribution in [2.75, 3.05) is 10.7 Å². The summed E-state index contributed by atoms with van der Waals surface area (Å²) in [6, 6.07) is 0. The standard InChI is InChI=1S/C9H16Br2O4/c1-9(2)14-7(5(12)3-10)8(15-9)6(13)4-11/h5-8,12-13H,3-4H2,1-2H3/t5-,6-,7-,8-/m1/s1. The molecule has 1 heterocycles. The minimum absolute atomic E-state index is 0.391. The van der Waals surface area contributed by atoms with Crippen LogP contribution < -0.4 is 0 Å². The van der Waals surface area contributed by atoms with Crippen LogP contribution in [-0.4, -0.2) is 51.1 Å². The van der Waals surface area contributed by atoms with Crippen LogP contribution in [0, 0.1) is 0 Å². The number of aliphatic hydroxyl groups is 2. The number of alkyl halides is 2. The average molecular weight is 348 g/mol. The zero-order chi connectivity index (χ0) is 11.6. The van der Waals surface area contributed by atoms with Gasteiger partial charge >= 0.3 is 0 Å². The van der Waals surface area contributed by atoms with Crippen molar-refractivity contribution in [3.05, 3.63) is 0 Å². The van der Waals surface area contributed by atoms with Crippen molar-refractivity contribution < 1.29 is 19.7 Å². The Balaban J connectivity index is 2.74. The lowest BCUT2D eigenvalue weighted by atomic mass is 10.1. The van der Waals surface area contributed by atoms with Crippen LogP contribution in [0.4, 0.5) is 0 Å². The first-order chi connectivity index (χ1) is 6.91. The van der Waals surface area contributed by atoms with Crippen LogP contribution in [0.5, 0.6) is 0 Å². The third kappa shape index (κ3) is 3.38. The summed E-state index contributed by atoms with van der Waals surface area (Å²) in [5.41, 5.74) is 0. The van der Waals surface area contributed by atoms with Gasteiger partial charge in [-0.3, -0.25) is 0 Å². The molecule has 4 nitrogen and oxygen atoms in total. The molecule has 0 amide bonds. The zero-order valence-electron chi connectivity index (χ0n) is 8.69. The van der Waals surface area contributed by atoms with Gasteiger partial charge in [-0.05, 0) is 13.8 Å². The van der Waals surface area contributed by atoms with Crippen molar-refractivity contribution in [2.45, 2.75) is 44.1 Å². The molecule has 0 aliphatic carbocycles. The van der Waals surface area contributed by atoms with E-state index in [9.17, 15) is 10.2 Å². The Labute approximate surface area is 106 Å². The largest absolute Gasteiger partial charge is 0.389 e. The highest BCUT2D eigenvalue weighted by molar-refractivity contribution is 9.09. The van der Waals surface area contributed by atoms with E-state index in [2.05, 4.69) is 31.9 Å². The van der Waals surface area contributed by atoms with E-state index in [0.717, 1.165) is 0 Å². The SMILES string of the molecule is CC1(C)O[C@H]([C@H](O)CBr)[C@@H]([C@H](O)CBr)O1. The second-order valence-corrected chi connectivity index (χ2v) is 5.30. The van der Waals surface area contributed by atoms with Crippen LogP contribution in [0.25, 0.3) is 0 Å². The van der Waals surface area contributed by atoms with Gasteiger partial charge in [0.1, 0.15) is 12.2 Å². The van der Waals surface area contributed by atoms with Gasteiger partial charge in [-0.1, -0.05) is 31.9 Å². The van der Waals surface area contributed by atoms with E-state index < -0.39 is 30.2 Å². The Morgan fingerprint density at radius 1 is 1.07 bits per heavy atom. The lowest BCUT2D eigenvalue weighted by molar-refractivity contribution is -0.158. The summed E-state index contributed by atoms with van der Waals surface area (Å²) in [6.07, 6.45) is -2.39. The summed E-state index contributed by atoms with van der Waals surface area (Å²) < 4.78 is 11.1. The Morgan fingerprint density at radius 3 is 1.67 bits per heavy atom. The molecule has 0 saturated carbocycles. The number of halogens is 2. The van der Waals surface area contributed by atoms with Gasteiger partial charge in [-0.15, -0.1) is 0 Å². The normalized spacial score (nSPS) is 34.0. The molecule has 1 fully saturated rings. The first kappa shape index (κ1) is 13.9. The lowest BCUT2D eigenvalue weighted by Gasteiger charge is -2.23. The van der Waals surface area contributed by atoms with Gasteiger partial charge in [-0.25, -0.2) is 0 Å². The number of rotatable bonds is 4. The molecule has 1 aliphatic rings. The van der Waals surface area contributed by atoms with Crippen molar-refractivity contribution in [3.63, 3.8) is 0 Å². The number of hydrogen-bond donors (Lipinski definition) is 2. The highest BCUT2D eigenvalue weighted by atomic mass is 79.9. The fraction of sp³-hybridized carbons (Fsp3) is 1.00. The topological polar surface area (TPSA) is 58.9 Å². The van der Waals surface area contributed by atoms with E-state index in [-0.39, 0.29) is 0 Å². The molecule has 0 aromatic rings. The summed E-state index contributed by atoms with van der Waals surface area (Å²) in [4.78, 5) is 0. The van der Waals surface area contributed by atoms with E-state index in [1.165, 1.54) is 0 Å². The molecule has 4 atom stereocenters. The molecule has 0 unspecified atom stereocenters. The maximum Gasteiger partial charge on any atom is 0.164 e. The summed E-state index contributed by atoms with van der Waals surface area (Å²) in [7, 11) is 0. The molecular weight excluding hydrogens is 332 g/mol. The molecule has 1 saturated heterocycles. The van der Waals surface area contributed by atoms with Gasteiger partial charge in [-0.2, -0.15) is 0 Å². The quantitative estimate of drug-likeness (QED) is 0.745. The van der Waals surface area contributed by atoms with Gasteiger partial charge in [0.25, 0.3) is 0 Å². The summed E-state index contributed by atoms with van der Waals surface area (Å²) in [5.74, 6) is -0.762. The maximum atomic E-state index is 9.73. The minimum atomic E-state index is -0.762. The van der Waals surface area contributed by atoms with Crippen LogP contribution in [0.1, 0.15) is 13.8 Å². The molecular formula is C9H16Br2O4. The van der Waals surface area contributed by atoms with Gasteiger partial charge < -0.3 is 19.7 Å². The maximum absolute atomic E-state index is 9.73. The molecule has 2 N–H and O–H groups in total. The molecule has 6 heteroatoms. The van der Waals surface area contributed by atoms with Gasteiger partial charge in [0.2, 0.25) is 0 Å². The molecule has 1 aliphatic heterocycles. The van der Waals surface area contributed by atoms with E-state index in [4.69, 9.17) is 9.47 Å². The zero-order valence-corrected chi connectivity index (χ0v) is 11.9. The van der Waals surface area contributed by atoms with Crippen molar-refractivity contribution in [1.29, 1.82) is 0 Å². The van der Waals surface area contributed by atoms with Gasteiger partial charge in [0.15, 0.2) is 5.79 Å². The predicted molar refractivity (Wildman–Crippen MR) is 63.4 cm³/mol. The molecule has 90 valence electrons. The van der Waals surface area contributed by atoms with E-state index in [1.54, 1.807) is 13.8 Å². The fourth-order valence-electron chi connectivity index (χ4n) is 1.59. The van der Waals surface area contributed by atoms with Gasteiger partial charge in [0, 0.05) is 10.7 Å². The molecule has 0 aromatic heterocycles. The van der Waals surface area contributed by atoms with Crippen LogP contribution >= 0.6 is 31.9 Å². The van der Waals surface area contributed by atoms with Crippen LogP contribution in [0.15, 0.2) is 0 Å². The Kier molecular flexibility index (Phi) is 5.01. The monoisotopic (exact) mass is 346 g/mol. The van der Waals surface area contributed by atoms with Crippen molar-refractivity contribution in [3.8, 4) is 0 Å². The first-order valence-electron chi connectivity index (χ1n) is 4.75. The Bertz CT molecular complexity index is 192. The Hall–Kier alpha value is 0.800. The van der Waals surface area contributed by atoms with E-state index in [1.807, 2.05) is 0 Å². The lowest BCUT2D eigenvalue weighted by Crippen LogP contribution is -2.43. The molecule has 0 bridgehead atoms. The second-order valence-electron chi connectivity index (χ2n) is 4.01. The molecule has 0 aromatic carbocycles. The predicted octanol–water partition coefficient (Wildman–Crippen LogP) is 1.02. The van der Waals surface area contributed by atoms with Gasteiger partial charge in [0.05, 0.1) is 12.2 Å². The second kappa shape index (κ2) is 5.42. The number of ether oxygens (including phenoxy) is 2. The molecule has 0 spiro atoms. The fourth-order valence-corrected chi connectivity index (χ4v) is 2.32. The third-order valence-electron chi connectivity index (χ3n) is 2.24. The summed E-state index contributed by atoms with van der Waals surface area (Å²) >= 11 is 6.36. The highest BCUT2D eigenvalue weighted by Crippen LogP contribution is 2.32. The van der Waals surface area contributed by atoms with Crippen molar-refractivity contribution in [1.82, 2.24) is 0 Å². The Morgan fingerprint density at radius 2 is 1.40 bits per heavy atom. The van der Waals surface area contributed by atoms with Crippen LogP contribution in [0.3, 0.4) is 0 Å². The minimum Gasteiger partial charge on any atom is -0.389 e. The molecule has 0 radical (unpaired) electrons. The molecule has 15 heavy (non-hydrogen) atoms. The van der Waals surface area contributed by atoms with E-state index >= 15 is 0 Å². The number of hydrogen-bond acceptors (Lipinski definition) is 4. The summed E-state index contributed by atoms with van der Waals surface area (Å²) in [5, 5.41) is 20.2. The molecule has 1 rings (SSSR count). The third-order valence-corrected chi connectivity index (χ3v) is 3.57. The van der Waals surface area contributed by atoms with Crippen molar-refractivity contribution >= 4 is 31.9 Å². The highest BCUT2D eigenvalue weighted by Gasteiger charge is 2.47. The number of aliphatic hydroxyl groups excluding tert-OH is 2. The summed E-state index contributed by atoms with van der Waals surface area (Å²) in [6.45, 7) is 3.53. The van der Waals surface area contributed by atoms with Crippen LogP contribution in [-0.2, 0) is 9.47 Å². The average Bonchev–Trinajstić information content (AvgIpc) is 2.52. The van der Waals surface area contributed by atoms with E-state index in [0.29, 0.717) is 10.7 Å². The first-order valence-corrected chi connectivity index (χ1v) is 6.99. The van der Waals surface area contributed by atoms with Crippen molar-refractivity contribution in [2.24, 2.45) is 0 Å². The smallest absolute Gasteiger partial charge is 0.164 e. The van der Waals surface area contributed by atoms with Crippen LogP contribution in [0.2, 0.25) is 0 Å².